The SMILES string of the molecule is Clc1ccc(N2C[CH]CCC2)cc1-c1nc2ccccc2[nH]1. The quantitative estimate of drug-likeness (QED) is 0.744. The molecule has 1 aliphatic rings. The third-order valence-corrected chi connectivity index (χ3v) is 4.47. The highest BCUT2D eigenvalue weighted by atomic mass is 35.5. The van der Waals surface area contributed by atoms with Gasteiger partial charge in [-0.25, -0.2) is 4.98 Å². The Bertz CT molecular complexity index is 770. The standard InChI is InChI=1S/C18H17ClN3/c19-15-9-8-13(22-10-4-1-5-11-22)12-14(15)18-20-16-6-2-3-7-17(16)21-18/h2-4,6-9,12H,1,5,10-11H2,(H,20,21). The highest BCUT2D eigenvalue weighted by Crippen LogP contribution is 2.32. The van der Waals surface area contributed by atoms with Crippen molar-refractivity contribution in [2.75, 3.05) is 18.0 Å². The molecule has 0 atom stereocenters. The summed E-state index contributed by atoms with van der Waals surface area (Å²) in [5.74, 6) is 0.828. The van der Waals surface area contributed by atoms with Crippen LogP contribution < -0.4 is 4.90 Å². The Morgan fingerprint density at radius 2 is 2.05 bits per heavy atom. The Labute approximate surface area is 134 Å². The second kappa shape index (κ2) is 5.65. The average molecular weight is 311 g/mol. The van der Waals surface area contributed by atoms with E-state index in [1.165, 1.54) is 18.5 Å². The number of rotatable bonds is 2. The fraction of sp³-hybridized carbons (Fsp3) is 0.222. The summed E-state index contributed by atoms with van der Waals surface area (Å²) in [6.45, 7) is 2.10. The van der Waals surface area contributed by atoms with Crippen molar-refractivity contribution >= 4 is 28.3 Å². The summed E-state index contributed by atoms with van der Waals surface area (Å²) in [5, 5.41) is 0.726. The zero-order chi connectivity index (χ0) is 14.9. The Kier molecular flexibility index (Phi) is 3.51. The third-order valence-electron chi connectivity index (χ3n) is 4.15. The molecule has 0 aliphatic carbocycles. The van der Waals surface area contributed by atoms with E-state index < -0.39 is 0 Å². The maximum Gasteiger partial charge on any atom is 0.140 e. The van der Waals surface area contributed by atoms with Crippen molar-refractivity contribution < 1.29 is 0 Å². The van der Waals surface area contributed by atoms with Crippen LogP contribution in [-0.2, 0) is 0 Å². The first-order valence-electron chi connectivity index (χ1n) is 7.62. The number of piperidine rings is 1. The third kappa shape index (κ3) is 2.46. The number of halogens is 1. The van der Waals surface area contributed by atoms with Crippen LogP contribution in [0.3, 0.4) is 0 Å². The van der Waals surface area contributed by atoms with Crippen molar-refractivity contribution in [3.63, 3.8) is 0 Å². The summed E-state index contributed by atoms with van der Waals surface area (Å²) in [4.78, 5) is 10.4. The number of hydrogen-bond donors (Lipinski definition) is 1. The second-order valence-electron chi connectivity index (χ2n) is 5.64. The van der Waals surface area contributed by atoms with E-state index in [1.54, 1.807) is 0 Å². The van der Waals surface area contributed by atoms with Crippen LogP contribution in [0.25, 0.3) is 22.4 Å². The normalized spacial score (nSPS) is 15.4. The minimum Gasteiger partial charge on any atom is -0.371 e. The summed E-state index contributed by atoms with van der Waals surface area (Å²) < 4.78 is 0. The van der Waals surface area contributed by atoms with E-state index in [-0.39, 0.29) is 0 Å². The number of para-hydroxylation sites is 2. The number of fused-ring (bicyclic) bond motifs is 1. The van der Waals surface area contributed by atoms with E-state index in [1.807, 2.05) is 30.3 Å². The molecule has 1 aromatic heterocycles. The zero-order valence-corrected chi connectivity index (χ0v) is 13.0. The Morgan fingerprint density at radius 3 is 2.86 bits per heavy atom. The zero-order valence-electron chi connectivity index (χ0n) is 12.2. The van der Waals surface area contributed by atoms with Gasteiger partial charge in [0.15, 0.2) is 0 Å². The van der Waals surface area contributed by atoms with Gasteiger partial charge in [0, 0.05) is 24.3 Å². The number of anilines is 1. The Morgan fingerprint density at radius 1 is 1.14 bits per heavy atom. The summed E-state index contributed by atoms with van der Waals surface area (Å²) in [6, 6.07) is 14.2. The van der Waals surface area contributed by atoms with E-state index in [0.29, 0.717) is 0 Å². The van der Waals surface area contributed by atoms with Gasteiger partial charge in [0.2, 0.25) is 0 Å². The highest BCUT2D eigenvalue weighted by molar-refractivity contribution is 6.33. The lowest BCUT2D eigenvalue weighted by atomic mass is 10.1. The van der Waals surface area contributed by atoms with Gasteiger partial charge in [0.1, 0.15) is 5.82 Å². The van der Waals surface area contributed by atoms with Crippen molar-refractivity contribution in [1.82, 2.24) is 9.97 Å². The number of imidazole rings is 1. The van der Waals surface area contributed by atoms with Crippen LogP contribution in [0, 0.1) is 6.42 Å². The number of hydrogen-bond acceptors (Lipinski definition) is 2. The highest BCUT2D eigenvalue weighted by Gasteiger charge is 2.15. The molecule has 1 saturated heterocycles. The number of nitrogens with one attached hydrogen (secondary N) is 1. The van der Waals surface area contributed by atoms with Gasteiger partial charge in [-0.15, -0.1) is 0 Å². The molecule has 2 aromatic carbocycles. The van der Waals surface area contributed by atoms with Crippen LogP contribution in [-0.4, -0.2) is 23.1 Å². The maximum atomic E-state index is 6.41. The first-order chi connectivity index (χ1) is 10.8. The van der Waals surface area contributed by atoms with E-state index in [0.717, 1.165) is 40.5 Å². The van der Waals surface area contributed by atoms with Gasteiger partial charge in [0.05, 0.1) is 16.1 Å². The smallest absolute Gasteiger partial charge is 0.140 e. The van der Waals surface area contributed by atoms with Crippen LogP contribution in [0.4, 0.5) is 5.69 Å². The molecule has 4 heteroatoms. The minimum absolute atomic E-state index is 0.726. The molecular weight excluding hydrogens is 294 g/mol. The average Bonchev–Trinajstić information content (AvgIpc) is 3.00. The van der Waals surface area contributed by atoms with Gasteiger partial charge < -0.3 is 9.88 Å². The predicted octanol–water partition coefficient (Wildman–Crippen LogP) is 4.69. The fourth-order valence-corrected chi connectivity index (χ4v) is 3.18. The molecule has 2 heterocycles. The largest absolute Gasteiger partial charge is 0.371 e. The van der Waals surface area contributed by atoms with Crippen molar-refractivity contribution in [3.05, 3.63) is 53.9 Å². The lowest BCUT2D eigenvalue weighted by molar-refractivity contribution is 0.671. The maximum absolute atomic E-state index is 6.41. The molecule has 1 radical (unpaired) electrons. The van der Waals surface area contributed by atoms with Crippen LogP contribution in [0.5, 0.6) is 0 Å². The molecule has 22 heavy (non-hydrogen) atoms. The summed E-state index contributed by atoms with van der Waals surface area (Å²) in [5.41, 5.74) is 4.16. The monoisotopic (exact) mass is 310 g/mol. The van der Waals surface area contributed by atoms with Crippen LogP contribution in [0.2, 0.25) is 5.02 Å². The molecule has 0 amide bonds. The first kappa shape index (κ1) is 13.6. The second-order valence-corrected chi connectivity index (χ2v) is 6.05. The Hall–Kier alpha value is -2.00. The van der Waals surface area contributed by atoms with Gasteiger partial charge in [-0.1, -0.05) is 23.7 Å². The molecule has 0 spiro atoms. The molecule has 4 rings (SSSR count). The van der Waals surface area contributed by atoms with Gasteiger partial charge in [-0.3, -0.25) is 0 Å². The van der Waals surface area contributed by atoms with Crippen LogP contribution in [0.15, 0.2) is 42.5 Å². The van der Waals surface area contributed by atoms with Crippen molar-refractivity contribution in [2.24, 2.45) is 0 Å². The number of aromatic nitrogens is 2. The summed E-state index contributed by atoms with van der Waals surface area (Å²) >= 11 is 6.41. The van der Waals surface area contributed by atoms with Gasteiger partial charge in [0.25, 0.3) is 0 Å². The summed E-state index contributed by atoms with van der Waals surface area (Å²) in [7, 11) is 0. The summed E-state index contributed by atoms with van der Waals surface area (Å²) in [6.07, 6.45) is 4.75. The van der Waals surface area contributed by atoms with Crippen LogP contribution >= 0.6 is 11.6 Å². The van der Waals surface area contributed by atoms with Crippen molar-refractivity contribution in [2.45, 2.75) is 12.8 Å². The lowest BCUT2D eigenvalue weighted by Gasteiger charge is -2.29. The van der Waals surface area contributed by atoms with Crippen molar-refractivity contribution in [1.29, 1.82) is 0 Å². The predicted molar refractivity (Wildman–Crippen MR) is 92.3 cm³/mol. The molecule has 1 aliphatic heterocycles. The fourth-order valence-electron chi connectivity index (χ4n) is 2.97. The number of benzene rings is 2. The molecule has 3 aromatic rings. The molecule has 0 unspecified atom stereocenters. The van der Waals surface area contributed by atoms with Gasteiger partial charge in [-0.2, -0.15) is 0 Å². The Balaban J connectivity index is 1.76. The first-order valence-corrected chi connectivity index (χ1v) is 8.00. The van der Waals surface area contributed by atoms with E-state index in [9.17, 15) is 0 Å². The molecule has 0 bridgehead atoms. The van der Waals surface area contributed by atoms with Gasteiger partial charge >= 0.3 is 0 Å². The van der Waals surface area contributed by atoms with Crippen molar-refractivity contribution in [3.8, 4) is 11.4 Å². The van der Waals surface area contributed by atoms with Gasteiger partial charge in [-0.05, 0) is 49.6 Å². The minimum atomic E-state index is 0.726. The number of nitrogens with zero attached hydrogens (tertiary/aromatic N) is 2. The van der Waals surface area contributed by atoms with E-state index >= 15 is 0 Å². The molecule has 1 fully saturated rings. The molecule has 3 nitrogen and oxygen atoms in total. The van der Waals surface area contributed by atoms with Crippen LogP contribution in [0.1, 0.15) is 12.8 Å². The lowest BCUT2D eigenvalue weighted by Crippen LogP contribution is -2.29. The molecule has 1 N–H and O–H groups in total. The number of aromatic amines is 1. The number of H-pyrrole nitrogens is 1. The topological polar surface area (TPSA) is 31.9 Å². The molecule has 0 saturated carbocycles. The molecule has 111 valence electrons. The van der Waals surface area contributed by atoms with E-state index in [4.69, 9.17) is 11.6 Å². The van der Waals surface area contributed by atoms with E-state index in [2.05, 4.69) is 33.4 Å². The molecular formula is C18H17ClN3.